The van der Waals surface area contributed by atoms with Gasteiger partial charge in [-0.3, -0.25) is 4.79 Å². The maximum absolute atomic E-state index is 11.0. The molecule has 0 aromatic carbocycles. The Hall–Kier alpha value is -0.870. The summed E-state index contributed by atoms with van der Waals surface area (Å²) in [4.78, 5) is 14.8. The monoisotopic (exact) mass is 280 g/mol. The third kappa shape index (κ3) is 3.80. The highest BCUT2D eigenvalue weighted by atomic mass is 32.1. The minimum Gasteiger partial charge on any atom is -0.370 e. The predicted molar refractivity (Wildman–Crippen MR) is 80.0 cm³/mol. The van der Waals surface area contributed by atoms with Gasteiger partial charge in [0.15, 0.2) is 0 Å². The molecule has 0 saturated heterocycles. The highest BCUT2D eigenvalue weighted by Gasteiger charge is 2.30. The number of primary amides is 1. The van der Waals surface area contributed by atoms with Gasteiger partial charge in [-0.2, -0.15) is 0 Å². The summed E-state index contributed by atoms with van der Waals surface area (Å²) in [5.74, 6) is 1.07. The minimum atomic E-state index is -0.147. The molecule has 1 aliphatic carbocycles. The molecule has 0 spiro atoms. The van der Waals surface area contributed by atoms with Crippen LogP contribution >= 0.6 is 11.3 Å². The summed E-state index contributed by atoms with van der Waals surface area (Å²) in [5.41, 5.74) is 5.30. The molecule has 1 heterocycles. The first kappa shape index (κ1) is 14.5. The van der Waals surface area contributed by atoms with Crippen LogP contribution in [0.1, 0.15) is 43.0 Å². The number of carbonyl (C=O) groups excluding carboxylic acids is 1. The Morgan fingerprint density at radius 3 is 2.58 bits per heavy atom. The van der Waals surface area contributed by atoms with Gasteiger partial charge in [0, 0.05) is 17.3 Å². The average Bonchev–Trinajstić information content (AvgIpc) is 2.84. The van der Waals surface area contributed by atoms with E-state index in [0.717, 1.165) is 12.8 Å². The number of nitrogens with two attached hydrogens (primary N) is 1. The van der Waals surface area contributed by atoms with Crippen LogP contribution in [0.2, 0.25) is 0 Å². The third-order valence-corrected chi connectivity index (χ3v) is 5.16. The zero-order valence-electron chi connectivity index (χ0n) is 11.8. The Labute approximate surface area is 119 Å². The van der Waals surface area contributed by atoms with Crippen molar-refractivity contribution in [2.45, 2.75) is 38.1 Å². The largest absolute Gasteiger partial charge is 0.370 e. The van der Waals surface area contributed by atoms with Crippen LogP contribution in [0.3, 0.4) is 0 Å². The number of hydrogen-bond acceptors (Lipinski definition) is 3. The van der Waals surface area contributed by atoms with Crippen LogP contribution in [0.15, 0.2) is 17.5 Å². The Morgan fingerprint density at radius 2 is 2.11 bits per heavy atom. The lowest BCUT2D eigenvalue weighted by Crippen LogP contribution is -2.30. The summed E-state index contributed by atoms with van der Waals surface area (Å²) < 4.78 is 0. The smallest absolute Gasteiger partial charge is 0.217 e. The molecule has 0 bridgehead atoms. The first-order valence-electron chi connectivity index (χ1n) is 7.06. The molecule has 1 aliphatic rings. The molecular weight excluding hydrogens is 256 g/mol. The van der Waals surface area contributed by atoms with Gasteiger partial charge in [0.05, 0.1) is 0 Å². The number of hydrogen-bond donors (Lipinski definition) is 1. The third-order valence-electron chi connectivity index (χ3n) is 4.22. The van der Waals surface area contributed by atoms with Crippen LogP contribution in [0.25, 0.3) is 0 Å². The van der Waals surface area contributed by atoms with Crippen molar-refractivity contribution in [3.63, 3.8) is 0 Å². The first-order valence-corrected chi connectivity index (χ1v) is 7.94. The van der Waals surface area contributed by atoms with Gasteiger partial charge < -0.3 is 10.6 Å². The topological polar surface area (TPSA) is 46.3 Å². The molecule has 3 nitrogen and oxygen atoms in total. The van der Waals surface area contributed by atoms with Crippen LogP contribution in [-0.2, 0) is 4.79 Å². The molecule has 2 N–H and O–H groups in total. The van der Waals surface area contributed by atoms with Crippen molar-refractivity contribution in [1.29, 1.82) is 0 Å². The van der Waals surface area contributed by atoms with E-state index in [9.17, 15) is 4.79 Å². The Morgan fingerprint density at radius 1 is 1.42 bits per heavy atom. The highest BCUT2D eigenvalue weighted by molar-refractivity contribution is 7.10. The molecule has 0 aliphatic heterocycles. The summed E-state index contributed by atoms with van der Waals surface area (Å²) in [6, 6.07) is 4.90. The molecule has 19 heavy (non-hydrogen) atoms. The molecule has 1 saturated carbocycles. The van der Waals surface area contributed by atoms with E-state index < -0.39 is 0 Å². The number of amides is 1. The fraction of sp³-hybridized carbons (Fsp3) is 0.667. The van der Waals surface area contributed by atoms with Crippen LogP contribution < -0.4 is 5.73 Å². The van der Waals surface area contributed by atoms with Gasteiger partial charge in [-0.25, -0.2) is 0 Å². The lowest BCUT2D eigenvalue weighted by atomic mass is 9.76. The maximum atomic E-state index is 11.0. The van der Waals surface area contributed by atoms with Crippen molar-refractivity contribution < 1.29 is 4.79 Å². The Balaban J connectivity index is 1.96. The molecule has 106 valence electrons. The zero-order valence-corrected chi connectivity index (χ0v) is 12.7. The highest BCUT2D eigenvalue weighted by Crippen LogP contribution is 2.41. The van der Waals surface area contributed by atoms with Gasteiger partial charge in [0.2, 0.25) is 5.91 Å². The summed E-state index contributed by atoms with van der Waals surface area (Å²) in [6.07, 6.45) is 5.27. The van der Waals surface area contributed by atoms with Crippen LogP contribution in [-0.4, -0.2) is 24.9 Å². The van der Waals surface area contributed by atoms with E-state index in [1.807, 2.05) is 11.3 Å². The van der Waals surface area contributed by atoms with E-state index in [0.29, 0.717) is 24.3 Å². The molecular formula is C15H24N2OS. The second-order valence-electron chi connectivity index (χ2n) is 5.88. The number of rotatable bonds is 5. The molecule has 1 aromatic rings. The van der Waals surface area contributed by atoms with Gasteiger partial charge in [-0.05, 0) is 63.1 Å². The van der Waals surface area contributed by atoms with Crippen molar-refractivity contribution in [2.24, 2.45) is 17.6 Å². The predicted octanol–water partition coefficient (Wildman–Crippen LogP) is 3.03. The molecule has 1 atom stereocenters. The fourth-order valence-corrected chi connectivity index (χ4v) is 4.37. The molecule has 1 fully saturated rings. The quantitative estimate of drug-likeness (QED) is 0.901. The van der Waals surface area contributed by atoms with Gasteiger partial charge in [0.1, 0.15) is 0 Å². The van der Waals surface area contributed by atoms with Gasteiger partial charge in [-0.1, -0.05) is 6.07 Å². The second-order valence-corrected chi connectivity index (χ2v) is 6.85. The van der Waals surface area contributed by atoms with Crippen LogP contribution in [0, 0.1) is 11.8 Å². The molecule has 4 heteroatoms. The summed E-state index contributed by atoms with van der Waals surface area (Å²) in [6.45, 7) is 0. The maximum Gasteiger partial charge on any atom is 0.217 e. The Bertz CT molecular complexity index is 394. The van der Waals surface area contributed by atoms with Gasteiger partial charge >= 0.3 is 0 Å². The molecule has 1 amide bonds. The standard InChI is InChI=1S/C15H24N2OS/c1-17(2)15(13-4-3-9-19-13)12-7-5-11(6-8-12)10-14(16)18/h3-4,9,11-12,15H,5-8,10H2,1-2H3,(H2,16,18). The van der Waals surface area contributed by atoms with Crippen molar-refractivity contribution in [2.75, 3.05) is 14.1 Å². The van der Waals surface area contributed by atoms with Crippen molar-refractivity contribution in [3.05, 3.63) is 22.4 Å². The molecule has 1 unspecified atom stereocenters. The van der Waals surface area contributed by atoms with E-state index in [1.165, 1.54) is 17.7 Å². The lowest BCUT2D eigenvalue weighted by Gasteiger charge is -2.36. The van der Waals surface area contributed by atoms with Crippen molar-refractivity contribution in [1.82, 2.24) is 4.90 Å². The normalized spacial score (nSPS) is 25.4. The lowest BCUT2D eigenvalue weighted by molar-refractivity contribution is -0.119. The number of carbonyl (C=O) groups is 1. The van der Waals surface area contributed by atoms with Crippen LogP contribution in [0.5, 0.6) is 0 Å². The van der Waals surface area contributed by atoms with E-state index in [4.69, 9.17) is 5.73 Å². The van der Waals surface area contributed by atoms with E-state index >= 15 is 0 Å². The minimum absolute atomic E-state index is 0.147. The SMILES string of the molecule is CN(C)C(c1cccs1)C1CCC(CC(N)=O)CC1. The summed E-state index contributed by atoms with van der Waals surface area (Å²) in [7, 11) is 4.33. The van der Waals surface area contributed by atoms with E-state index in [-0.39, 0.29) is 5.91 Å². The van der Waals surface area contributed by atoms with Crippen molar-refractivity contribution >= 4 is 17.2 Å². The summed E-state index contributed by atoms with van der Waals surface area (Å²) >= 11 is 1.85. The van der Waals surface area contributed by atoms with Gasteiger partial charge in [-0.15, -0.1) is 11.3 Å². The average molecular weight is 280 g/mol. The van der Waals surface area contributed by atoms with Crippen LogP contribution in [0.4, 0.5) is 0 Å². The fourth-order valence-electron chi connectivity index (χ4n) is 3.36. The second kappa shape index (κ2) is 6.53. The van der Waals surface area contributed by atoms with Gasteiger partial charge in [0.25, 0.3) is 0 Å². The van der Waals surface area contributed by atoms with E-state index in [2.05, 4.69) is 36.5 Å². The number of thiophene rings is 1. The summed E-state index contributed by atoms with van der Waals surface area (Å²) in [5, 5.41) is 2.16. The number of nitrogens with zero attached hydrogens (tertiary/aromatic N) is 1. The molecule has 2 rings (SSSR count). The van der Waals surface area contributed by atoms with Crippen molar-refractivity contribution in [3.8, 4) is 0 Å². The Kier molecular flexibility index (Phi) is 4.99. The molecule has 1 aromatic heterocycles. The molecule has 0 radical (unpaired) electrons. The first-order chi connectivity index (χ1) is 9.08. The van der Waals surface area contributed by atoms with E-state index in [1.54, 1.807) is 0 Å². The zero-order chi connectivity index (χ0) is 13.8.